The van der Waals surface area contributed by atoms with E-state index in [1.165, 1.54) is 10.5 Å². The second kappa shape index (κ2) is 5.04. The van der Waals surface area contributed by atoms with Crippen LogP contribution in [0.5, 0.6) is 0 Å². The van der Waals surface area contributed by atoms with Gasteiger partial charge in [0.1, 0.15) is 0 Å². The Balaban J connectivity index is 2.47. The number of benzene rings is 1. The maximum atomic E-state index is 4.00. The highest BCUT2D eigenvalue weighted by Crippen LogP contribution is 2.17. The number of hydrogen-bond donors (Lipinski definition) is 0. The number of allylic oxidation sites excluding steroid dienone is 1. The van der Waals surface area contributed by atoms with Gasteiger partial charge in [-0.15, -0.1) is 11.8 Å². The van der Waals surface area contributed by atoms with E-state index >= 15 is 0 Å². The molecule has 0 saturated heterocycles. The Morgan fingerprint density at radius 2 is 2.00 bits per heavy atom. The Morgan fingerprint density at radius 1 is 1.33 bits per heavy atom. The maximum absolute atomic E-state index is 4.00. The van der Waals surface area contributed by atoms with E-state index in [9.17, 15) is 0 Å². The van der Waals surface area contributed by atoms with Gasteiger partial charge in [-0.05, 0) is 16.2 Å². The summed E-state index contributed by atoms with van der Waals surface area (Å²) in [5, 5.41) is 0. The Labute approximate surface area is 78.7 Å². The van der Waals surface area contributed by atoms with Crippen LogP contribution in [-0.2, 0) is 6.42 Å². The van der Waals surface area contributed by atoms with Gasteiger partial charge in [0.05, 0.1) is 0 Å². The summed E-state index contributed by atoms with van der Waals surface area (Å²) in [6.07, 6.45) is 0.999. The Hall–Kier alpha value is -0.690. The van der Waals surface area contributed by atoms with Crippen molar-refractivity contribution in [3.63, 3.8) is 0 Å². The Bertz CT molecular complexity index is 238. The van der Waals surface area contributed by atoms with E-state index in [-0.39, 0.29) is 0 Å². The van der Waals surface area contributed by atoms with Crippen LogP contribution in [0, 0.1) is 0 Å². The third-order valence-corrected chi connectivity index (χ3v) is 2.43. The summed E-state index contributed by atoms with van der Waals surface area (Å²) in [4.78, 5) is 1.25. The highest BCUT2D eigenvalue weighted by atomic mass is 32.2. The fourth-order valence-electron chi connectivity index (χ4n) is 1.08. The number of hydrogen-bond acceptors (Lipinski definition) is 1. The predicted octanol–water partition coefficient (Wildman–Crippen LogP) is 3.50. The predicted molar refractivity (Wildman–Crippen MR) is 57.4 cm³/mol. The lowest BCUT2D eigenvalue weighted by Crippen LogP contribution is -1.84. The zero-order chi connectivity index (χ0) is 8.81. The quantitative estimate of drug-likeness (QED) is 0.680. The molecule has 0 spiro atoms. The molecule has 0 aliphatic rings. The summed E-state index contributed by atoms with van der Waals surface area (Å²) in [7, 11) is 0. The van der Waals surface area contributed by atoms with Crippen molar-refractivity contribution in [2.45, 2.75) is 13.3 Å². The molecule has 1 aromatic carbocycles. The highest BCUT2D eigenvalue weighted by molar-refractivity contribution is 8.03. The van der Waals surface area contributed by atoms with E-state index in [1.54, 1.807) is 0 Å². The van der Waals surface area contributed by atoms with Gasteiger partial charge >= 0.3 is 0 Å². The molecule has 12 heavy (non-hydrogen) atoms. The van der Waals surface area contributed by atoms with Crippen molar-refractivity contribution in [1.29, 1.82) is 0 Å². The van der Waals surface area contributed by atoms with Crippen LogP contribution in [0.15, 0.2) is 41.8 Å². The molecule has 0 N–H and O–H groups in total. The summed E-state index contributed by atoms with van der Waals surface area (Å²) < 4.78 is 0. The molecule has 1 heteroatoms. The molecular formula is C11H14S. The van der Waals surface area contributed by atoms with Crippen LogP contribution in [-0.4, -0.2) is 5.75 Å². The molecule has 1 rings (SSSR count). The molecule has 0 atom stereocenters. The molecule has 0 unspecified atom stereocenters. The average Bonchev–Trinajstić information content (AvgIpc) is 2.06. The van der Waals surface area contributed by atoms with Crippen molar-refractivity contribution in [3.05, 3.63) is 47.4 Å². The van der Waals surface area contributed by atoms with Crippen molar-refractivity contribution in [3.8, 4) is 0 Å². The minimum atomic E-state index is 0.999. The molecule has 0 aliphatic carbocycles. The van der Waals surface area contributed by atoms with Gasteiger partial charge in [0.15, 0.2) is 0 Å². The molecule has 0 aliphatic heterocycles. The van der Waals surface area contributed by atoms with Crippen molar-refractivity contribution in [1.82, 2.24) is 0 Å². The van der Waals surface area contributed by atoms with Crippen LogP contribution in [0.25, 0.3) is 0 Å². The van der Waals surface area contributed by atoms with Crippen molar-refractivity contribution in [2.24, 2.45) is 0 Å². The third-order valence-electron chi connectivity index (χ3n) is 1.59. The van der Waals surface area contributed by atoms with E-state index in [1.807, 2.05) is 17.8 Å². The average molecular weight is 178 g/mol. The molecule has 0 fully saturated rings. The molecule has 0 aromatic heterocycles. The zero-order valence-corrected chi connectivity index (χ0v) is 8.23. The molecule has 0 bridgehead atoms. The first-order chi connectivity index (χ1) is 5.83. The van der Waals surface area contributed by atoms with Gasteiger partial charge < -0.3 is 0 Å². The zero-order valence-electron chi connectivity index (χ0n) is 7.42. The van der Waals surface area contributed by atoms with E-state index < -0.39 is 0 Å². The monoisotopic (exact) mass is 178 g/mol. The first-order valence-electron chi connectivity index (χ1n) is 4.17. The van der Waals surface area contributed by atoms with Crippen LogP contribution in [0.3, 0.4) is 0 Å². The Morgan fingerprint density at radius 3 is 2.58 bits per heavy atom. The van der Waals surface area contributed by atoms with E-state index in [0.717, 1.165) is 12.2 Å². The summed E-state index contributed by atoms with van der Waals surface area (Å²) in [5.41, 5.74) is 1.35. The SMILES string of the molecule is C=C(Cc1ccccc1)SCC. The van der Waals surface area contributed by atoms with Gasteiger partial charge in [0.2, 0.25) is 0 Å². The van der Waals surface area contributed by atoms with Crippen LogP contribution in [0.1, 0.15) is 12.5 Å². The minimum absolute atomic E-state index is 0.999. The smallest absolute Gasteiger partial charge is 0.00284 e. The lowest BCUT2D eigenvalue weighted by molar-refractivity contribution is 1.25. The van der Waals surface area contributed by atoms with Gasteiger partial charge in [0.25, 0.3) is 0 Å². The van der Waals surface area contributed by atoms with Crippen molar-refractivity contribution in [2.75, 3.05) is 5.75 Å². The van der Waals surface area contributed by atoms with E-state index in [4.69, 9.17) is 0 Å². The molecular weight excluding hydrogens is 164 g/mol. The summed E-state index contributed by atoms with van der Waals surface area (Å²) in [6.45, 7) is 6.16. The third kappa shape index (κ3) is 3.14. The number of thioether (sulfide) groups is 1. The molecule has 0 amide bonds. The first-order valence-corrected chi connectivity index (χ1v) is 5.16. The lowest BCUT2D eigenvalue weighted by Gasteiger charge is -2.02. The lowest BCUT2D eigenvalue weighted by atomic mass is 10.1. The standard InChI is InChI=1S/C11H14S/c1-3-12-10(2)9-11-7-5-4-6-8-11/h4-8H,2-3,9H2,1H3. The molecule has 0 heterocycles. The van der Waals surface area contributed by atoms with Crippen LogP contribution < -0.4 is 0 Å². The van der Waals surface area contributed by atoms with E-state index in [2.05, 4.69) is 37.8 Å². The molecule has 0 saturated carbocycles. The van der Waals surface area contributed by atoms with Gasteiger partial charge in [-0.25, -0.2) is 0 Å². The highest BCUT2D eigenvalue weighted by Gasteiger charge is 1.94. The van der Waals surface area contributed by atoms with Crippen LogP contribution >= 0.6 is 11.8 Å². The molecule has 64 valence electrons. The molecule has 0 nitrogen and oxygen atoms in total. The minimum Gasteiger partial charge on any atom is -0.131 e. The van der Waals surface area contributed by atoms with E-state index in [0.29, 0.717) is 0 Å². The van der Waals surface area contributed by atoms with Gasteiger partial charge in [-0.2, -0.15) is 0 Å². The second-order valence-corrected chi connectivity index (χ2v) is 4.08. The summed E-state index contributed by atoms with van der Waals surface area (Å²) >= 11 is 1.83. The van der Waals surface area contributed by atoms with Crippen molar-refractivity contribution >= 4 is 11.8 Å². The van der Waals surface area contributed by atoms with Gasteiger partial charge in [-0.3, -0.25) is 0 Å². The Kier molecular flexibility index (Phi) is 3.95. The fourth-order valence-corrected chi connectivity index (χ4v) is 1.76. The second-order valence-electron chi connectivity index (χ2n) is 2.63. The molecule has 0 radical (unpaired) electrons. The first kappa shape index (κ1) is 9.40. The molecule has 1 aromatic rings. The van der Waals surface area contributed by atoms with Crippen LogP contribution in [0.4, 0.5) is 0 Å². The maximum Gasteiger partial charge on any atom is 0.00284 e. The van der Waals surface area contributed by atoms with Gasteiger partial charge in [0, 0.05) is 6.42 Å². The normalized spacial score (nSPS) is 9.75. The van der Waals surface area contributed by atoms with Crippen molar-refractivity contribution < 1.29 is 0 Å². The number of rotatable bonds is 4. The summed E-state index contributed by atoms with van der Waals surface area (Å²) in [6, 6.07) is 10.5. The fraction of sp³-hybridized carbons (Fsp3) is 0.273. The largest absolute Gasteiger partial charge is 0.131 e. The topological polar surface area (TPSA) is 0 Å². The van der Waals surface area contributed by atoms with Gasteiger partial charge in [-0.1, -0.05) is 43.8 Å². The summed E-state index contributed by atoms with van der Waals surface area (Å²) in [5.74, 6) is 1.12. The van der Waals surface area contributed by atoms with Crippen LogP contribution in [0.2, 0.25) is 0 Å².